The van der Waals surface area contributed by atoms with Crippen LogP contribution in [0.4, 0.5) is 0 Å². The van der Waals surface area contributed by atoms with E-state index in [2.05, 4.69) is 0 Å². The van der Waals surface area contributed by atoms with Gasteiger partial charge in [0.1, 0.15) is 5.75 Å². The van der Waals surface area contributed by atoms with Crippen molar-refractivity contribution in [2.75, 3.05) is 32.9 Å². The fourth-order valence-corrected chi connectivity index (χ4v) is 3.47. The molecule has 6 heteroatoms. The highest BCUT2D eigenvalue weighted by Crippen LogP contribution is 2.33. The molecule has 1 N–H and O–H groups in total. The van der Waals surface area contributed by atoms with Crippen molar-refractivity contribution >= 4 is 22.6 Å². The van der Waals surface area contributed by atoms with Gasteiger partial charge in [-0.1, -0.05) is 36.4 Å². The number of carboxylic acid groups (broad SMARTS) is 1. The van der Waals surface area contributed by atoms with Crippen LogP contribution < -0.4 is 4.74 Å². The zero-order chi connectivity index (χ0) is 20.2. The molecule has 0 radical (unpaired) electrons. The van der Waals surface area contributed by atoms with E-state index in [4.69, 9.17) is 9.47 Å². The summed E-state index contributed by atoms with van der Waals surface area (Å²) < 4.78 is 11.1. The van der Waals surface area contributed by atoms with Gasteiger partial charge in [-0.2, -0.15) is 0 Å². The Bertz CT molecular complexity index is 1060. The molecule has 3 aromatic rings. The van der Waals surface area contributed by atoms with E-state index >= 15 is 0 Å². The molecule has 6 nitrogen and oxygen atoms in total. The SMILES string of the molecule is O=C(O)c1cccc(-c2cc(OCC(=O)N3CCOCC3)cc3ccccc23)c1. The van der Waals surface area contributed by atoms with Gasteiger partial charge in [-0.25, -0.2) is 4.79 Å². The number of nitrogens with zero attached hydrogens (tertiary/aromatic N) is 1. The first kappa shape index (κ1) is 19.0. The smallest absolute Gasteiger partial charge is 0.335 e. The number of carbonyl (C=O) groups excluding carboxylic acids is 1. The third-order valence-electron chi connectivity index (χ3n) is 4.98. The third kappa shape index (κ3) is 4.22. The molecule has 4 rings (SSSR count). The second kappa shape index (κ2) is 8.32. The monoisotopic (exact) mass is 391 g/mol. The van der Waals surface area contributed by atoms with Gasteiger partial charge in [-0.05, 0) is 46.2 Å². The molecule has 1 amide bonds. The van der Waals surface area contributed by atoms with E-state index in [0.717, 1.165) is 21.9 Å². The summed E-state index contributed by atoms with van der Waals surface area (Å²) in [5.41, 5.74) is 1.87. The van der Waals surface area contributed by atoms with Gasteiger partial charge < -0.3 is 19.5 Å². The van der Waals surface area contributed by atoms with Crippen molar-refractivity contribution in [3.63, 3.8) is 0 Å². The van der Waals surface area contributed by atoms with Crippen molar-refractivity contribution in [3.05, 3.63) is 66.2 Å². The number of morpholine rings is 1. The third-order valence-corrected chi connectivity index (χ3v) is 4.98. The summed E-state index contributed by atoms with van der Waals surface area (Å²) in [6.45, 7) is 2.20. The number of rotatable bonds is 5. The largest absolute Gasteiger partial charge is 0.484 e. The number of hydrogen-bond donors (Lipinski definition) is 1. The van der Waals surface area contributed by atoms with Crippen LogP contribution in [-0.4, -0.2) is 54.8 Å². The maximum absolute atomic E-state index is 12.4. The fraction of sp³-hybridized carbons (Fsp3) is 0.217. The number of amides is 1. The summed E-state index contributed by atoms with van der Waals surface area (Å²) in [6.07, 6.45) is 0. The molecular formula is C23H21NO5. The molecule has 0 saturated carbocycles. The van der Waals surface area contributed by atoms with E-state index in [-0.39, 0.29) is 18.1 Å². The lowest BCUT2D eigenvalue weighted by molar-refractivity contribution is -0.137. The van der Waals surface area contributed by atoms with Crippen LogP contribution in [0.25, 0.3) is 21.9 Å². The molecule has 0 aromatic heterocycles. The number of aromatic carboxylic acids is 1. The Morgan fingerprint density at radius 3 is 2.59 bits per heavy atom. The highest BCUT2D eigenvalue weighted by molar-refractivity contribution is 5.99. The fourth-order valence-electron chi connectivity index (χ4n) is 3.47. The minimum absolute atomic E-state index is 0.0487. The van der Waals surface area contributed by atoms with E-state index < -0.39 is 5.97 Å². The lowest BCUT2D eigenvalue weighted by Crippen LogP contribution is -2.42. The van der Waals surface area contributed by atoms with Gasteiger partial charge in [0.05, 0.1) is 18.8 Å². The zero-order valence-corrected chi connectivity index (χ0v) is 15.8. The van der Waals surface area contributed by atoms with Crippen LogP contribution in [0.15, 0.2) is 60.7 Å². The molecule has 0 aliphatic carbocycles. The summed E-state index contributed by atoms with van der Waals surface area (Å²) >= 11 is 0. The summed E-state index contributed by atoms with van der Waals surface area (Å²) in [5.74, 6) is -0.475. The van der Waals surface area contributed by atoms with E-state index in [1.807, 2.05) is 42.5 Å². The summed E-state index contributed by atoms with van der Waals surface area (Å²) in [5, 5.41) is 11.3. The number of ether oxygens (including phenoxy) is 2. The second-order valence-corrected chi connectivity index (χ2v) is 6.86. The normalized spacial score (nSPS) is 14.0. The van der Waals surface area contributed by atoms with Gasteiger partial charge in [0.15, 0.2) is 6.61 Å². The predicted molar refractivity (Wildman–Crippen MR) is 109 cm³/mol. The maximum Gasteiger partial charge on any atom is 0.335 e. The quantitative estimate of drug-likeness (QED) is 0.721. The number of hydrogen-bond acceptors (Lipinski definition) is 4. The van der Waals surface area contributed by atoms with Crippen LogP contribution >= 0.6 is 0 Å². The van der Waals surface area contributed by atoms with Crippen LogP contribution in [0.1, 0.15) is 10.4 Å². The van der Waals surface area contributed by atoms with Crippen molar-refractivity contribution in [2.45, 2.75) is 0 Å². The summed E-state index contributed by atoms with van der Waals surface area (Å²) in [4.78, 5) is 25.5. The van der Waals surface area contributed by atoms with E-state index in [1.54, 1.807) is 23.1 Å². The van der Waals surface area contributed by atoms with Crippen LogP contribution in [0, 0.1) is 0 Å². The van der Waals surface area contributed by atoms with Crippen LogP contribution in [0.3, 0.4) is 0 Å². The first-order valence-corrected chi connectivity index (χ1v) is 9.47. The maximum atomic E-state index is 12.4. The molecule has 148 valence electrons. The highest BCUT2D eigenvalue weighted by Gasteiger charge is 2.17. The minimum Gasteiger partial charge on any atom is -0.484 e. The number of benzene rings is 3. The minimum atomic E-state index is -0.973. The molecular weight excluding hydrogens is 370 g/mol. The molecule has 0 spiro atoms. The Morgan fingerprint density at radius 1 is 1.00 bits per heavy atom. The van der Waals surface area contributed by atoms with Crippen molar-refractivity contribution < 1.29 is 24.2 Å². The van der Waals surface area contributed by atoms with Crippen molar-refractivity contribution in [2.24, 2.45) is 0 Å². The van der Waals surface area contributed by atoms with E-state index in [0.29, 0.717) is 32.1 Å². The average Bonchev–Trinajstić information content (AvgIpc) is 2.77. The zero-order valence-electron chi connectivity index (χ0n) is 15.8. The van der Waals surface area contributed by atoms with E-state index in [1.165, 1.54) is 0 Å². The molecule has 29 heavy (non-hydrogen) atoms. The molecule has 1 aliphatic rings. The van der Waals surface area contributed by atoms with Gasteiger partial charge >= 0.3 is 5.97 Å². The summed E-state index contributed by atoms with van der Waals surface area (Å²) in [6, 6.07) is 18.4. The molecule has 0 bridgehead atoms. The van der Waals surface area contributed by atoms with Gasteiger partial charge in [0.2, 0.25) is 0 Å². The second-order valence-electron chi connectivity index (χ2n) is 6.86. The van der Waals surface area contributed by atoms with Crippen LogP contribution in [0.5, 0.6) is 5.75 Å². The first-order valence-electron chi connectivity index (χ1n) is 9.47. The number of fused-ring (bicyclic) bond motifs is 1. The van der Waals surface area contributed by atoms with Gasteiger partial charge in [-0.3, -0.25) is 4.79 Å². The number of carboxylic acids is 1. The number of carbonyl (C=O) groups is 2. The average molecular weight is 391 g/mol. The Morgan fingerprint density at radius 2 is 1.79 bits per heavy atom. The molecule has 3 aromatic carbocycles. The highest BCUT2D eigenvalue weighted by atomic mass is 16.5. The Balaban J connectivity index is 1.65. The van der Waals surface area contributed by atoms with Crippen LogP contribution in [0.2, 0.25) is 0 Å². The van der Waals surface area contributed by atoms with Crippen molar-refractivity contribution in [1.82, 2.24) is 4.90 Å². The van der Waals surface area contributed by atoms with Gasteiger partial charge in [0, 0.05) is 13.1 Å². The molecule has 1 heterocycles. The van der Waals surface area contributed by atoms with Gasteiger partial charge in [0.25, 0.3) is 5.91 Å². The molecule has 1 saturated heterocycles. The Kier molecular flexibility index (Phi) is 5.44. The van der Waals surface area contributed by atoms with Crippen molar-refractivity contribution in [1.29, 1.82) is 0 Å². The Labute approximate surface area is 168 Å². The summed E-state index contributed by atoms with van der Waals surface area (Å²) in [7, 11) is 0. The van der Waals surface area contributed by atoms with Gasteiger partial charge in [-0.15, -0.1) is 0 Å². The Hall–Kier alpha value is -3.38. The standard InChI is InChI=1S/C23H21NO5/c25-22(24-8-10-28-11-9-24)15-29-19-13-17-4-1-2-7-20(17)21(14-19)16-5-3-6-18(12-16)23(26)27/h1-7,12-14H,8-11,15H2,(H,26,27). The predicted octanol–water partition coefficient (Wildman–Crippen LogP) is 3.44. The van der Waals surface area contributed by atoms with E-state index in [9.17, 15) is 14.7 Å². The van der Waals surface area contributed by atoms with Crippen LogP contribution in [-0.2, 0) is 9.53 Å². The molecule has 0 unspecified atom stereocenters. The molecule has 1 fully saturated rings. The lowest BCUT2D eigenvalue weighted by Gasteiger charge is -2.26. The topological polar surface area (TPSA) is 76.1 Å². The van der Waals surface area contributed by atoms with Crippen molar-refractivity contribution in [3.8, 4) is 16.9 Å². The molecule has 0 atom stereocenters. The lowest BCUT2D eigenvalue weighted by atomic mass is 9.96. The molecule has 1 aliphatic heterocycles. The first-order chi connectivity index (χ1) is 14.1.